The van der Waals surface area contributed by atoms with Gasteiger partial charge in [0.05, 0.1) is 12.2 Å². The van der Waals surface area contributed by atoms with E-state index in [0.717, 1.165) is 29.5 Å². The molecule has 3 rings (SSSR count). The van der Waals surface area contributed by atoms with Gasteiger partial charge in [0.2, 0.25) is 0 Å². The molecule has 3 aromatic rings. The van der Waals surface area contributed by atoms with Crippen molar-refractivity contribution in [2.75, 3.05) is 6.61 Å². The molecule has 0 aliphatic heterocycles. The van der Waals surface area contributed by atoms with Gasteiger partial charge in [-0.3, -0.25) is 0 Å². The minimum atomic E-state index is -0.318. The van der Waals surface area contributed by atoms with E-state index in [9.17, 15) is 4.79 Å². The monoisotopic (exact) mass is 336 g/mol. The van der Waals surface area contributed by atoms with Gasteiger partial charge in [0.25, 0.3) is 0 Å². The molecule has 0 aliphatic rings. The second-order valence-corrected chi connectivity index (χ2v) is 6.30. The lowest BCUT2D eigenvalue weighted by molar-refractivity contribution is 0.317. The number of benzene rings is 2. The molecule has 0 saturated heterocycles. The van der Waals surface area contributed by atoms with Crippen molar-refractivity contribution < 1.29 is 9.15 Å². The van der Waals surface area contributed by atoms with E-state index in [4.69, 9.17) is 9.15 Å². The van der Waals surface area contributed by atoms with E-state index in [-0.39, 0.29) is 5.63 Å². The standard InChI is InChI=1S/C22H24O3/c1-3-5-6-16-7-9-17(10-8-16)20-14-18-11-12-19(24-13-4-2)15-21(18)25-22(20)23/h7-12,14-15H,3-6,13H2,1-2H3. The molecular formula is C22H24O3. The summed E-state index contributed by atoms with van der Waals surface area (Å²) in [7, 11) is 0. The SMILES string of the molecule is CCCCc1ccc(-c2cc3ccc(OCCC)cc3oc2=O)cc1. The molecule has 0 N–H and O–H groups in total. The molecule has 130 valence electrons. The average molecular weight is 336 g/mol. The van der Waals surface area contributed by atoms with Crippen molar-refractivity contribution in [3.63, 3.8) is 0 Å². The van der Waals surface area contributed by atoms with E-state index < -0.39 is 0 Å². The number of hydrogen-bond donors (Lipinski definition) is 0. The number of aryl methyl sites for hydroxylation is 1. The summed E-state index contributed by atoms with van der Waals surface area (Å²) in [6.07, 6.45) is 4.37. The van der Waals surface area contributed by atoms with Gasteiger partial charge >= 0.3 is 5.63 Å². The molecule has 0 saturated carbocycles. The lowest BCUT2D eigenvalue weighted by atomic mass is 10.0. The van der Waals surface area contributed by atoms with Gasteiger partial charge in [0.15, 0.2) is 0 Å². The Morgan fingerprint density at radius 3 is 2.48 bits per heavy atom. The Hall–Kier alpha value is -2.55. The molecule has 3 nitrogen and oxygen atoms in total. The minimum Gasteiger partial charge on any atom is -0.493 e. The summed E-state index contributed by atoms with van der Waals surface area (Å²) in [4.78, 5) is 12.4. The van der Waals surface area contributed by atoms with Gasteiger partial charge in [-0.05, 0) is 48.6 Å². The topological polar surface area (TPSA) is 39.4 Å². The largest absolute Gasteiger partial charge is 0.493 e. The number of hydrogen-bond acceptors (Lipinski definition) is 3. The van der Waals surface area contributed by atoms with E-state index in [1.165, 1.54) is 18.4 Å². The number of fused-ring (bicyclic) bond motifs is 1. The second kappa shape index (κ2) is 8.02. The van der Waals surface area contributed by atoms with Gasteiger partial charge < -0.3 is 9.15 Å². The molecule has 0 fully saturated rings. The molecule has 1 aromatic heterocycles. The minimum absolute atomic E-state index is 0.318. The van der Waals surface area contributed by atoms with Crippen LogP contribution < -0.4 is 10.4 Å². The van der Waals surface area contributed by atoms with Crippen LogP contribution >= 0.6 is 0 Å². The molecule has 2 aromatic carbocycles. The van der Waals surface area contributed by atoms with Gasteiger partial charge in [-0.1, -0.05) is 44.5 Å². The second-order valence-electron chi connectivity index (χ2n) is 6.30. The van der Waals surface area contributed by atoms with Gasteiger partial charge in [0.1, 0.15) is 11.3 Å². The van der Waals surface area contributed by atoms with Crippen molar-refractivity contribution in [1.29, 1.82) is 0 Å². The number of ether oxygens (including phenoxy) is 1. The lowest BCUT2D eigenvalue weighted by Crippen LogP contribution is -2.03. The first-order valence-electron chi connectivity index (χ1n) is 9.01. The van der Waals surface area contributed by atoms with E-state index in [2.05, 4.69) is 26.0 Å². The van der Waals surface area contributed by atoms with E-state index in [1.54, 1.807) is 6.07 Å². The molecule has 3 heteroatoms. The molecule has 0 bridgehead atoms. The van der Waals surface area contributed by atoms with Crippen molar-refractivity contribution in [1.82, 2.24) is 0 Å². The molecule has 0 spiro atoms. The van der Waals surface area contributed by atoms with Crippen LogP contribution in [-0.2, 0) is 6.42 Å². The van der Waals surface area contributed by atoms with Crippen LogP contribution in [0.5, 0.6) is 5.75 Å². The number of rotatable bonds is 7. The van der Waals surface area contributed by atoms with Crippen LogP contribution in [0.25, 0.3) is 22.1 Å². The van der Waals surface area contributed by atoms with Gasteiger partial charge in [-0.15, -0.1) is 0 Å². The first kappa shape index (κ1) is 17.3. The zero-order chi connectivity index (χ0) is 17.6. The van der Waals surface area contributed by atoms with Crippen LogP contribution in [0.15, 0.2) is 57.7 Å². The van der Waals surface area contributed by atoms with Crippen molar-refractivity contribution in [3.05, 3.63) is 64.5 Å². The zero-order valence-electron chi connectivity index (χ0n) is 14.9. The fourth-order valence-electron chi connectivity index (χ4n) is 2.83. The van der Waals surface area contributed by atoms with Gasteiger partial charge in [-0.2, -0.15) is 0 Å². The molecule has 0 radical (unpaired) electrons. The molecule has 0 amide bonds. The molecule has 1 heterocycles. The first-order chi connectivity index (χ1) is 12.2. The van der Waals surface area contributed by atoms with Crippen LogP contribution in [0.2, 0.25) is 0 Å². The molecule has 0 aliphatic carbocycles. The van der Waals surface area contributed by atoms with Crippen LogP contribution in [0.3, 0.4) is 0 Å². The first-order valence-corrected chi connectivity index (χ1v) is 9.01. The maximum atomic E-state index is 12.4. The Labute approximate surface area is 148 Å². The maximum absolute atomic E-state index is 12.4. The molecule has 0 unspecified atom stereocenters. The molecular weight excluding hydrogens is 312 g/mol. The highest BCUT2D eigenvalue weighted by Crippen LogP contribution is 2.25. The summed E-state index contributed by atoms with van der Waals surface area (Å²) in [6.45, 7) is 4.90. The summed E-state index contributed by atoms with van der Waals surface area (Å²) >= 11 is 0. The summed E-state index contributed by atoms with van der Waals surface area (Å²) in [5.41, 5.74) is 3.02. The predicted octanol–water partition coefficient (Wildman–Crippen LogP) is 5.59. The zero-order valence-corrected chi connectivity index (χ0v) is 14.9. The highest BCUT2D eigenvalue weighted by Gasteiger charge is 2.09. The van der Waals surface area contributed by atoms with Gasteiger partial charge in [-0.25, -0.2) is 4.79 Å². The van der Waals surface area contributed by atoms with E-state index in [0.29, 0.717) is 17.8 Å². The van der Waals surface area contributed by atoms with Crippen LogP contribution in [0.4, 0.5) is 0 Å². The third-order valence-corrected chi connectivity index (χ3v) is 4.26. The Morgan fingerprint density at radius 1 is 0.960 bits per heavy atom. The fourth-order valence-corrected chi connectivity index (χ4v) is 2.83. The van der Waals surface area contributed by atoms with E-state index >= 15 is 0 Å². The Balaban J connectivity index is 1.91. The van der Waals surface area contributed by atoms with Crippen LogP contribution in [-0.4, -0.2) is 6.61 Å². The van der Waals surface area contributed by atoms with Crippen molar-refractivity contribution in [3.8, 4) is 16.9 Å². The smallest absolute Gasteiger partial charge is 0.344 e. The highest BCUT2D eigenvalue weighted by molar-refractivity contribution is 5.82. The average Bonchev–Trinajstić information content (AvgIpc) is 2.64. The Bertz CT molecular complexity index is 891. The Morgan fingerprint density at radius 2 is 1.76 bits per heavy atom. The van der Waals surface area contributed by atoms with Crippen LogP contribution in [0, 0.1) is 0 Å². The van der Waals surface area contributed by atoms with Gasteiger partial charge in [0, 0.05) is 11.5 Å². The lowest BCUT2D eigenvalue weighted by Gasteiger charge is -2.07. The summed E-state index contributed by atoms with van der Waals surface area (Å²) in [6, 6.07) is 15.7. The Kier molecular flexibility index (Phi) is 5.54. The maximum Gasteiger partial charge on any atom is 0.344 e. The van der Waals surface area contributed by atoms with E-state index in [1.807, 2.05) is 30.3 Å². The number of unbranched alkanes of at least 4 members (excludes halogenated alkanes) is 1. The summed E-state index contributed by atoms with van der Waals surface area (Å²) < 4.78 is 11.1. The van der Waals surface area contributed by atoms with Crippen LogP contribution in [0.1, 0.15) is 38.7 Å². The summed E-state index contributed by atoms with van der Waals surface area (Å²) in [5, 5.41) is 0.897. The normalized spacial score (nSPS) is 11.0. The van der Waals surface area contributed by atoms with Crippen molar-refractivity contribution in [2.45, 2.75) is 39.5 Å². The third-order valence-electron chi connectivity index (χ3n) is 4.26. The molecule has 25 heavy (non-hydrogen) atoms. The summed E-state index contributed by atoms with van der Waals surface area (Å²) in [5.74, 6) is 0.727. The third kappa shape index (κ3) is 4.11. The highest BCUT2D eigenvalue weighted by atomic mass is 16.5. The predicted molar refractivity (Wildman–Crippen MR) is 102 cm³/mol. The molecule has 0 atom stereocenters. The van der Waals surface area contributed by atoms with Crippen molar-refractivity contribution in [2.24, 2.45) is 0 Å². The fraction of sp³-hybridized carbons (Fsp3) is 0.318. The van der Waals surface area contributed by atoms with Crippen molar-refractivity contribution >= 4 is 11.0 Å². The quantitative estimate of drug-likeness (QED) is 0.528.